The lowest BCUT2D eigenvalue weighted by molar-refractivity contribution is 1.35. The molecule has 134 valence electrons. The van der Waals surface area contributed by atoms with E-state index in [1.54, 1.807) is 0 Å². The summed E-state index contributed by atoms with van der Waals surface area (Å²) in [7, 11) is 0.412. The molecule has 0 radical (unpaired) electrons. The molecule has 26 heavy (non-hydrogen) atoms. The molecular weight excluding hydrogens is 741 g/mol. The Morgan fingerprint density at radius 2 is 0.962 bits per heavy atom. The normalized spacial score (nSPS) is 11.3. The smallest absolute Gasteiger partial charge is 0.0735 e. The molecule has 0 fully saturated rings. The number of rotatable bonds is 4. The SMILES string of the molecule is Brc1cc(Br)c(N(Pc2ccccc2)c2c(Br)cc(Br)cc2Br)c(Br)c1. The van der Waals surface area contributed by atoms with Crippen LogP contribution in [-0.4, -0.2) is 0 Å². The predicted molar refractivity (Wildman–Crippen MR) is 136 cm³/mol. The van der Waals surface area contributed by atoms with Crippen LogP contribution < -0.4 is 9.97 Å². The number of hydrogen-bond acceptors (Lipinski definition) is 1. The van der Waals surface area contributed by atoms with Gasteiger partial charge in [0.25, 0.3) is 0 Å². The minimum Gasteiger partial charge on any atom is -0.314 e. The molecule has 8 heteroatoms. The van der Waals surface area contributed by atoms with Crippen molar-refractivity contribution in [3.05, 3.63) is 81.4 Å². The van der Waals surface area contributed by atoms with Crippen LogP contribution in [0, 0.1) is 0 Å². The van der Waals surface area contributed by atoms with Crippen LogP contribution in [0.5, 0.6) is 0 Å². The van der Waals surface area contributed by atoms with Gasteiger partial charge in [-0.05, 0) is 93.3 Å². The second kappa shape index (κ2) is 9.51. The van der Waals surface area contributed by atoms with Crippen molar-refractivity contribution in [2.45, 2.75) is 0 Å². The maximum Gasteiger partial charge on any atom is 0.0735 e. The molecule has 1 unspecified atom stereocenters. The van der Waals surface area contributed by atoms with Gasteiger partial charge in [0, 0.05) is 35.6 Å². The standard InChI is InChI=1S/C18H10Br6NP/c19-10-6-13(21)17(14(22)7-10)25(26-12-4-2-1-3-5-12)18-15(23)8-11(20)9-16(18)24/h1-9,26H. The van der Waals surface area contributed by atoms with Crippen molar-refractivity contribution in [3.8, 4) is 0 Å². The summed E-state index contributed by atoms with van der Waals surface area (Å²) >= 11 is 22.1. The third kappa shape index (κ3) is 5.03. The number of halogens is 6. The van der Waals surface area contributed by atoms with E-state index in [-0.39, 0.29) is 0 Å². The third-order valence-corrected chi connectivity index (χ3v) is 8.02. The quantitative estimate of drug-likeness (QED) is 0.241. The molecule has 0 saturated heterocycles. The maximum absolute atomic E-state index is 3.74. The van der Waals surface area contributed by atoms with Crippen LogP contribution in [-0.2, 0) is 0 Å². The van der Waals surface area contributed by atoms with E-state index in [0.717, 1.165) is 38.2 Å². The van der Waals surface area contributed by atoms with Crippen LogP contribution in [0.15, 0.2) is 81.4 Å². The highest BCUT2D eigenvalue weighted by molar-refractivity contribution is 9.12. The van der Waals surface area contributed by atoms with Crippen molar-refractivity contribution in [2.24, 2.45) is 0 Å². The Labute approximate surface area is 204 Å². The first-order valence-electron chi connectivity index (χ1n) is 7.27. The fourth-order valence-corrected chi connectivity index (χ4v) is 9.55. The number of benzene rings is 3. The van der Waals surface area contributed by atoms with Crippen LogP contribution in [0.4, 0.5) is 11.4 Å². The number of hydrogen-bond donors (Lipinski definition) is 0. The predicted octanol–water partition coefficient (Wildman–Crippen LogP) is 9.32. The molecule has 0 aliphatic rings. The van der Waals surface area contributed by atoms with E-state index >= 15 is 0 Å². The van der Waals surface area contributed by atoms with Gasteiger partial charge in [0.1, 0.15) is 0 Å². The van der Waals surface area contributed by atoms with Gasteiger partial charge in [-0.15, -0.1) is 0 Å². The van der Waals surface area contributed by atoms with Crippen molar-refractivity contribution in [2.75, 3.05) is 4.67 Å². The van der Waals surface area contributed by atoms with Crippen LogP contribution in [0.25, 0.3) is 0 Å². The molecule has 0 N–H and O–H groups in total. The van der Waals surface area contributed by atoms with Gasteiger partial charge >= 0.3 is 0 Å². The molecule has 1 nitrogen and oxygen atoms in total. The lowest BCUT2D eigenvalue weighted by atomic mass is 10.2. The van der Waals surface area contributed by atoms with Crippen LogP contribution >= 0.6 is 104 Å². The second-order valence-electron chi connectivity index (χ2n) is 5.25. The van der Waals surface area contributed by atoms with Gasteiger partial charge in [-0.3, -0.25) is 0 Å². The van der Waals surface area contributed by atoms with Gasteiger partial charge in [-0.1, -0.05) is 62.2 Å². The highest BCUT2D eigenvalue weighted by Gasteiger charge is 2.22. The molecule has 0 saturated carbocycles. The van der Waals surface area contributed by atoms with Gasteiger partial charge in [-0.2, -0.15) is 0 Å². The molecule has 0 aliphatic heterocycles. The number of nitrogens with zero attached hydrogens (tertiary/aromatic N) is 1. The van der Waals surface area contributed by atoms with E-state index in [1.807, 2.05) is 6.07 Å². The zero-order valence-corrected chi connectivity index (χ0v) is 23.4. The lowest BCUT2D eigenvalue weighted by Crippen LogP contribution is -2.13. The minimum absolute atomic E-state index is 0.412. The first kappa shape index (κ1) is 21.5. The van der Waals surface area contributed by atoms with Crippen molar-refractivity contribution in [3.63, 3.8) is 0 Å². The molecule has 3 rings (SSSR count). The largest absolute Gasteiger partial charge is 0.314 e. The van der Waals surface area contributed by atoms with Crippen molar-refractivity contribution in [1.29, 1.82) is 0 Å². The zero-order valence-electron chi connectivity index (χ0n) is 12.9. The molecule has 0 heterocycles. The van der Waals surface area contributed by atoms with E-state index in [2.05, 4.69) is 149 Å². The summed E-state index contributed by atoms with van der Waals surface area (Å²) in [6.07, 6.45) is 0. The molecule has 1 atom stereocenters. The van der Waals surface area contributed by atoms with Crippen LogP contribution in [0.1, 0.15) is 0 Å². The van der Waals surface area contributed by atoms with Crippen molar-refractivity contribution < 1.29 is 0 Å². The monoisotopic (exact) mass is 745 g/mol. The lowest BCUT2D eigenvalue weighted by Gasteiger charge is -2.29. The van der Waals surface area contributed by atoms with E-state index in [4.69, 9.17) is 0 Å². The molecule has 3 aromatic carbocycles. The van der Waals surface area contributed by atoms with Crippen molar-refractivity contribution in [1.82, 2.24) is 0 Å². The fourth-order valence-electron chi connectivity index (χ4n) is 2.36. The third-order valence-electron chi connectivity index (χ3n) is 3.43. The first-order chi connectivity index (χ1) is 12.4. The van der Waals surface area contributed by atoms with Crippen molar-refractivity contribution >= 4 is 121 Å². The first-order valence-corrected chi connectivity index (χ1v) is 13.0. The van der Waals surface area contributed by atoms with Gasteiger partial charge in [0.15, 0.2) is 0 Å². The molecule has 0 bridgehead atoms. The molecular formula is C18H10Br6NP. The van der Waals surface area contributed by atoms with E-state index < -0.39 is 0 Å². The highest BCUT2D eigenvalue weighted by Crippen LogP contribution is 2.50. The Morgan fingerprint density at radius 3 is 1.35 bits per heavy atom. The highest BCUT2D eigenvalue weighted by atomic mass is 79.9. The van der Waals surface area contributed by atoms with Gasteiger partial charge in [0.2, 0.25) is 0 Å². The maximum atomic E-state index is 3.74. The van der Waals surface area contributed by atoms with E-state index in [9.17, 15) is 0 Å². The number of anilines is 2. The summed E-state index contributed by atoms with van der Waals surface area (Å²) < 4.78 is 8.34. The summed E-state index contributed by atoms with van der Waals surface area (Å²) in [6, 6.07) is 18.7. The molecule has 0 amide bonds. The van der Waals surface area contributed by atoms with Crippen LogP contribution in [0.3, 0.4) is 0 Å². The topological polar surface area (TPSA) is 3.24 Å². The summed E-state index contributed by atoms with van der Waals surface area (Å²) in [5.74, 6) is 0. The molecule has 0 aromatic heterocycles. The molecule has 0 spiro atoms. The Kier molecular flexibility index (Phi) is 7.86. The average molecular weight is 751 g/mol. The van der Waals surface area contributed by atoms with E-state index in [0.29, 0.717) is 8.73 Å². The second-order valence-corrected chi connectivity index (χ2v) is 11.7. The summed E-state index contributed by atoms with van der Waals surface area (Å²) in [5.41, 5.74) is 2.14. The zero-order chi connectivity index (χ0) is 18.8. The molecule has 0 aliphatic carbocycles. The Hall–Kier alpha value is 0.770. The Balaban J connectivity index is 2.21. The summed E-state index contributed by atoms with van der Waals surface area (Å²) in [6.45, 7) is 0. The fraction of sp³-hybridized carbons (Fsp3) is 0. The molecule has 3 aromatic rings. The summed E-state index contributed by atoms with van der Waals surface area (Å²) in [5, 5.41) is 1.25. The van der Waals surface area contributed by atoms with Gasteiger partial charge in [-0.25, -0.2) is 0 Å². The van der Waals surface area contributed by atoms with Gasteiger partial charge < -0.3 is 4.67 Å². The average Bonchev–Trinajstić information content (AvgIpc) is 2.53. The Morgan fingerprint density at radius 1 is 0.577 bits per heavy atom. The van der Waals surface area contributed by atoms with Gasteiger partial charge in [0.05, 0.1) is 11.4 Å². The minimum atomic E-state index is 0.412. The van der Waals surface area contributed by atoms with E-state index in [1.165, 1.54) is 5.30 Å². The van der Waals surface area contributed by atoms with Crippen LogP contribution in [0.2, 0.25) is 0 Å². The Bertz CT molecular complexity index is 844. The summed E-state index contributed by atoms with van der Waals surface area (Å²) in [4.78, 5) is 0.